The van der Waals surface area contributed by atoms with Crippen LogP contribution in [0.4, 0.5) is 0 Å². The summed E-state index contributed by atoms with van der Waals surface area (Å²) < 4.78 is 7.67. The molecular formula is C18H28BrNO. The zero-order chi connectivity index (χ0) is 15.2. The summed E-state index contributed by atoms with van der Waals surface area (Å²) in [6, 6.07) is 8.90. The molecule has 1 aliphatic carbocycles. The van der Waals surface area contributed by atoms with Crippen molar-refractivity contribution in [3.05, 3.63) is 34.3 Å². The molecule has 0 saturated heterocycles. The number of nitrogens with one attached hydrogen (secondary N) is 1. The Morgan fingerprint density at radius 3 is 2.62 bits per heavy atom. The lowest BCUT2D eigenvalue weighted by Crippen LogP contribution is -2.34. The predicted molar refractivity (Wildman–Crippen MR) is 92.5 cm³/mol. The number of rotatable bonds is 6. The van der Waals surface area contributed by atoms with Gasteiger partial charge in [-0.15, -0.1) is 0 Å². The van der Waals surface area contributed by atoms with Crippen LogP contribution in [0.1, 0.15) is 58.1 Å². The zero-order valence-electron chi connectivity index (χ0n) is 13.4. The molecule has 0 radical (unpaired) electrons. The third-order valence-electron chi connectivity index (χ3n) is 4.34. The molecule has 1 aromatic rings. The van der Waals surface area contributed by atoms with E-state index in [-0.39, 0.29) is 6.10 Å². The van der Waals surface area contributed by atoms with Crippen LogP contribution in [0.5, 0.6) is 0 Å². The molecule has 2 rings (SSSR count). The van der Waals surface area contributed by atoms with Gasteiger partial charge in [0.05, 0.1) is 12.2 Å². The summed E-state index contributed by atoms with van der Waals surface area (Å²) in [7, 11) is 0. The van der Waals surface area contributed by atoms with E-state index >= 15 is 0 Å². The number of ether oxygens (including phenoxy) is 1. The Kier molecular flexibility index (Phi) is 6.72. The summed E-state index contributed by atoms with van der Waals surface area (Å²) in [6.45, 7) is 7.56. The van der Waals surface area contributed by atoms with Crippen molar-refractivity contribution in [3.63, 3.8) is 0 Å². The first-order chi connectivity index (χ1) is 10.1. The van der Waals surface area contributed by atoms with Crippen LogP contribution in [0.15, 0.2) is 28.7 Å². The highest BCUT2D eigenvalue weighted by atomic mass is 79.9. The van der Waals surface area contributed by atoms with Crippen LogP contribution in [0.25, 0.3) is 0 Å². The van der Waals surface area contributed by atoms with Gasteiger partial charge in [0.25, 0.3) is 0 Å². The number of hydrogen-bond acceptors (Lipinski definition) is 2. The van der Waals surface area contributed by atoms with Crippen LogP contribution >= 0.6 is 15.9 Å². The monoisotopic (exact) mass is 353 g/mol. The first kappa shape index (κ1) is 17.0. The fourth-order valence-corrected chi connectivity index (χ4v) is 3.55. The minimum absolute atomic E-state index is 0.119. The average Bonchev–Trinajstić information content (AvgIpc) is 2.46. The van der Waals surface area contributed by atoms with Gasteiger partial charge in [-0.05, 0) is 30.4 Å². The Balaban J connectivity index is 2.10. The summed E-state index contributed by atoms with van der Waals surface area (Å²) >= 11 is 3.68. The molecule has 1 fully saturated rings. The van der Waals surface area contributed by atoms with E-state index in [1.165, 1.54) is 31.2 Å². The van der Waals surface area contributed by atoms with E-state index in [0.29, 0.717) is 18.1 Å². The normalized spacial score (nSPS) is 24.2. The Morgan fingerprint density at radius 1 is 1.24 bits per heavy atom. The Morgan fingerprint density at radius 2 is 1.95 bits per heavy atom. The molecule has 0 aromatic heterocycles. The molecule has 118 valence electrons. The molecule has 1 N–H and O–H groups in total. The van der Waals surface area contributed by atoms with Crippen LogP contribution in [0.2, 0.25) is 0 Å². The molecule has 0 bridgehead atoms. The lowest BCUT2D eigenvalue weighted by molar-refractivity contribution is -0.0572. The lowest BCUT2D eigenvalue weighted by Gasteiger charge is -2.33. The molecule has 1 aromatic carbocycles. The van der Waals surface area contributed by atoms with E-state index < -0.39 is 0 Å². The molecule has 21 heavy (non-hydrogen) atoms. The van der Waals surface area contributed by atoms with Crippen LogP contribution < -0.4 is 5.32 Å². The second-order valence-corrected chi connectivity index (χ2v) is 7.36. The molecule has 0 aliphatic heterocycles. The highest BCUT2D eigenvalue weighted by Crippen LogP contribution is 2.33. The van der Waals surface area contributed by atoms with Crippen molar-refractivity contribution in [2.75, 3.05) is 6.54 Å². The van der Waals surface area contributed by atoms with E-state index in [1.807, 2.05) is 0 Å². The summed E-state index contributed by atoms with van der Waals surface area (Å²) in [5, 5.41) is 3.53. The van der Waals surface area contributed by atoms with Gasteiger partial charge in [0, 0.05) is 17.1 Å². The summed E-state index contributed by atoms with van der Waals surface area (Å²) in [6.07, 6.45) is 5.66. The standard InChI is InChI=1S/C18H28BrNO/c1-13(2)20-12-18(15-9-5-6-10-16(15)19)21-17-11-7-4-8-14(17)3/h5-6,9-10,13-14,17-18,20H,4,7-8,11-12H2,1-3H3. The molecule has 0 amide bonds. The first-order valence-corrected chi connectivity index (χ1v) is 9.00. The van der Waals surface area contributed by atoms with Crippen molar-refractivity contribution < 1.29 is 4.74 Å². The maximum atomic E-state index is 6.53. The van der Waals surface area contributed by atoms with E-state index in [9.17, 15) is 0 Å². The number of halogens is 1. The van der Waals surface area contributed by atoms with Gasteiger partial charge in [-0.25, -0.2) is 0 Å². The smallest absolute Gasteiger partial charge is 0.0964 e. The van der Waals surface area contributed by atoms with Gasteiger partial charge < -0.3 is 10.1 Å². The summed E-state index contributed by atoms with van der Waals surface area (Å²) in [5.74, 6) is 0.669. The molecule has 3 atom stereocenters. The van der Waals surface area contributed by atoms with Crippen molar-refractivity contribution in [2.45, 2.75) is 64.7 Å². The molecule has 3 unspecified atom stereocenters. The summed E-state index contributed by atoms with van der Waals surface area (Å²) in [4.78, 5) is 0. The topological polar surface area (TPSA) is 21.3 Å². The molecule has 1 saturated carbocycles. The van der Waals surface area contributed by atoms with Crippen LogP contribution in [-0.2, 0) is 4.74 Å². The summed E-state index contributed by atoms with van der Waals surface area (Å²) in [5.41, 5.74) is 1.25. The van der Waals surface area contributed by atoms with Gasteiger partial charge in [0.2, 0.25) is 0 Å². The second-order valence-electron chi connectivity index (χ2n) is 6.51. The van der Waals surface area contributed by atoms with Gasteiger partial charge in [-0.1, -0.05) is 67.7 Å². The fraction of sp³-hybridized carbons (Fsp3) is 0.667. The molecule has 1 aliphatic rings. The minimum Gasteiger partial charge on any atom is -0.369 e. The van der Waals surface area contributed by atoms with Gasteiger partial charge in [-0.2, -0.15) is 0 Å². The quantitative estimate of drug-likeness (QED) is 0.769. The van der Waals surface area contributed by atoms with Crippen molar-refractivity contribution in [1.82, 2.24) is 5.32 Å². The van der Waals surface area contributed by atoms with Crippen LogP contribution in [0, 0.1) is 5.92 Å². The van der Waals surface area contributed by atoms with Crippen LogP contribution in [-0.4, -0.2) is 18.7 Å². The molecule has 3 heteroatoms. The second kappa shape index (κ2) is 8.30. The highest BCUT2D eigenvalue weighted by Gasteiger charge is 2.26. The molecule has 0 heterocycles. The third kappa shape index (κ3) is 5.08. The molecular weight excluding hydrogens is 326 g/mol. The van der Waals surface area contributed by atoms with Crippen molar-refractivity contribution in [1.29, 1.82) is 0 Å². The number of benzene rings is 1. The Labute approximate surface area is 137 Å². The predicted octanol–water partition coefficient (Wildman–Crippen LogP) is 5.08. The largest absolute Gasteiger partial charge is 0.369 e. The lowest BCUT2D eigenvalue weighted by atomic mass is 9.87. The van der Waals surface area contributed by atoms with Gasteiger partial charge in [-0.3, -0.25) is 0 Å². The maximum absolute atomic E-state index is 6.53. The van der Waals surface area contributed by atoms with E-state index in [4.69, 9.17) is 4.74 Å². The van der Waals surface area contributed by atoms with Gasteiger partial charge >= 0.3 is 0 Å². The highest BCUT2D eigenvalue weighted by molar-refractivity contribution is 9.10. The third-order valence-corrected chi connectivity index (χ3v) is 5.06. The van der Waals surface area contributed by atoms with Gasteiger partial charge in [0.1, 0.15) is 0 Å². The van der Waals surface area contributed by atoms with Crippen molar-refractivity contribution in [3.8, 4) is 0 Å². The van der Waals surface area contributed by atoms with Crippen molar-refractivity contribution >= 4 is 15.9 Å². The van der Waals surface area contributed by atoms with E-state index in [2.05, 4.69) is 66.3 Å². The van der Waals surface area contributed by atoms with Crippen molar-refractivity contribution in [2.24, 2.45) is 5.92 Å². The van der Waals surface area contributed by atoms with E-state index in [0.717, 1.165) is 11.0 Å². The minimum atomic E-state index is 0.119. The maximum Gasteiger partial charge on any atom is 0.0964 e. The Hall–Kier alpha value is -0.380. The first-order valence-electron chi connectivity index (χ1n) is 8.21. The fourth-order valence-electron chi connectivity index (χ4n) is 3.01. The molecule has 0 spiro atoms. The van der Waals surface area contributed by atoms with Crippen LogP contribution in [0.3, 0.4) is 0 Å². The SMILES string of the molecule is CC(C)NCC(OC1CCCCC1C)c1ccccc1Br. The Bertz CT molecular complexity index is 435. The molecule has 2 nitrogen and oxygen atoms in total. The average molecular weight is 354 g/mol. The van der Waals surface area contributed by atoms with Gasteiger partial charge in [0.15, 0.2) is 0 Å². The van der Waals surface area contributed by atoms with E-state index in [1.54, 1.807) is 0 Å². The zero-order valence-corrected chi connectivity index (χ0v) is 15.0. The number of hydrogen-bond donors (Lipinski definition) is 1.